The van der Waals surface area contributed by atoms with Gasteiger partial charge in [0.2, 0.25) is 0 Å². The second-order valence-electron chi connectivity index (χ2n) is 6.32. The average molecular weight is 492 g/mol. The average Bonchev–Trinajstić information content (AvgIpc) is 2.64. The van der Waals surface area contributed by atoms with Crippen LogP contribution in [0.15, 0.2) is 40.2 Å². The Morgan fingerprint density at radius 3 is 2.81 bits per heavy atom. The molecule has 0 aromatic heterocycles. The molecule has 1 aromatic rings. The van der Waals surface area contributed by atoms with Crippen LogP contribution >= 0.6 is 35.7 Å². The Kier molecular flexibility index (Phi) is 12.3. The summed E-state index contributed by atoms with van der Waals surface area (Å²) in [6.45, 7) is 11.8. The zero-order valence-electron chi connectivity index (χ0n) is 16.1. The van der Waals surface area contributed by atoms with E-state index in [0.717, 1.165) is 51.1 Å². The molecule has 0 bridgehead atoms. The Hall–Kier alpha value is -0.510. The summed E-state index contributed by atoms with van der Waals surface area (Å²) in [6, 6.07) is 11.4. The van der Waals surface area contributed by atoms with Gasteiger partial charge >= 0.3 is 0 Å². The number of guanidine groups is 1. The lowest BCUT2D eigenvalue weighted by Crippen LogP contribution is -2.49. The summed E-state index contributed by atoms with van der Waals surface area (Å²) in [4.78, 5) is 8.56. The van der Waals surface area contributed by atoms with E-state index in [1.807, 2.05) is 11.8 Å². The highest BCUT2D eigenvalue weighted by molar-refractivity contribution is 14.0. The molecule has 2 atom stereocenters. The zero-order valence-corrected chi connectivity index (χ0v) is 19.3. The Morgan fingerprint density at radius 1 is 1.35 bits per heavy atom. The molecule has 0 saturated carbocycles. The minimum atomic E-state index is 0. The van der Waals surface area contributed by atoms with E-state index in [0.29, 0.717) is 12.1 Å². The van der Waals surface area contributed by atoms with Gasteiger partial charge < -0.3 is 15.4 Å². The summed E-state index contributed by atoms with van der Waals surface area (Å²) in [5.41, 5.74) is 0. The first-order valence-corrected chi connectivity index (χ1v) is 10.2. The molecule has 148 valence electrons. The molecular formula is C19H33IN4OS. The van der Waals surface area contributed by atoms with Gasteiger partial charge in [-0.2, -0.15) is 0 Å². The van der Waals surface area contributed by atoms with Crippen molar-refractivity contribution in [3.8, 4) is 0 Å². The molecule has 2 N–H and O–H groups in total. The highest BCUT2D eigenvalue weighted by atomic mass is 127. The topological polar surface area (TPSA) is 48.9 Å². The first-order chi connectivity index (χ1) is 12.2. The molecule has 0 amide bonds. The Balaban J connectivity index is 0.00000338. The third kappa shape index (κ3) is 8.45. The fraction of sp³-hybridized carbons (Fsp3) is 0.632. The van der Waals surface area contributed by atoms with Crippen molar-refractivity contribution < 1.29 is 4.74 Å². The monoisotopic (exact) mass is 492 g/mol. The number of nitrogens with zero attached hydrogens (tertiary/aromatic N) is 2. The van der Waals surface area contributed by atoms with Crippen LogP contribution in [0, 0.1) is 0 Å². The molecule has 1 saturated heterocycles. The fourth-order valence-electron chi connectivity index (χ4n) is 2.92. The van der Waals surface area contributed by atoms with Gasteiger partial charge in [-0.25, -0.2) is 0 Å². The lowest BCUT2D eigenvalue weighted by Gasteiger charge is -2.37. The highest BCUT2D eigenvalue weighted by Crippen LogP contribution is 2.15. The van der Waals surface area contributed by atoms with E-state index >= 15 is 0 Å². The molecule has 1 fully saturated rings. The maximum absolute atomic E-state index is 5.52. The maximum Gasteiger partial charge on any atom is 0.191 e. The van der Waals surface area contributed by atoms with Crippen LogP contribution < -0.4 is 10.6 Å². The first-order valence-electron chi connectivity index (χ1n) is 9.24. The van der Waals surface area contributed by atoms with Crippen molar-refractivity contribution in [2.24, 2.45) is 4.99 Å². The van der Waals surface area contributed by atoms with Gasteiger partial charge in [-0.1, -0.05) is 18.2 Å². The van der Waals surface area contributed by atoms with Crippen molar-refractivity contribution in [1.29, 1.82) is 0 Å². The van der Waals surface area contributed by atoms with E-state index in [2.05, 4.69) is 66.6 Å². The third-order valence-corrected chi connectivity index (χ3v) is 5.26. The standard InChI is InChI=1S/C19H32N4OS.HI/c1-4-20-19(21-10-13-25-18-8-6-5-7-9-18)22-14-16(2)23-11-12-24-15-17(23)3;/h5-9,16-17H,4,10-15H2,1-3H3,(H2,20,21,22);1H. The van der Waals surface area contributed by atoms with Crippen LogP contribution in [-0.2, 0) is 4.74 Å². The SMILES string of the molecule is CCNC(=NCC(C)N1CCOCC1C)NCCSc1ccccc1.I. The quantitative estimate of drug-likeness (QED) is 0.192. The van der Waals surface area contributed by atoms with Gasteiger partial charge in [-0.05, 0) is 32.9 Å². The lowest BCUT2D eigenvalue weighted by atomic mass is 10.2. The third-order valence-electron chi connectivity index (χ3n) is 4.25. The summed E-state index contributed by atoms with van der Waals surface area (Å²) >= 11 is 1.86. The van der Waals surface area contributed by atoms with Crippen molar-refractivity contribution in [3.63, 3.8) is 0 Å². The van der Waals surface area contributed by atoms with Crippen LogP contribution in [-0.4, -0.2) is 68.1 Å². The van der Waals surface area contributed by atoms with Gasteiger partial charge in [0, 0.05) is 42.4 Å². The summed E-state index contributed by atoms with van der Waals surface area (Å²) in [5, 5.41) is 6.77. The fourth-order valence-corrected chi connectivity index (χ4v) is 3.71. The van der Waals surface area contributed by atoms with Crippen molar-refractivity contribution >= 4 is 41.7 Å². The highest BCUT2D eigenvalue weighted by Gasteiger charge is 2.23. The lowest BCUT2D eigenvalue weighted by molar-refractivity contribution is -0.0165. The molecule has 5 nitrogen and oxygen atoms in total. The van der Waals surface area contributed by atoms with E-state index < -0.39 is 0 Å². The number of rotatable bonds is 8. The number of ether oxygens (including phenoxy) is 1. The molecule has 0 radical (unpaired) electrons. The van der Waals surface area contributed by atoms with E-state index in [-0.39, 0.29) is 24.0 Å². The summed E-state index contributed by atoms with van der Waals surface area (Å²) in [6.07, 6.45) is 0. The summed E-state index contributed by atoms with van der Waals surface area (Å²) in [5.74, 6) is 1.92. The van der Waals surface area contributed by atoms with Crippen molar-refractivity contribution in [2.45, 2.75) is 37.8 Å². The summed E-state index contributed by atoms with van der Waals surface area (Å²) in [7, 11) is 0. The smallest absolute Gasteiger partial charge is 0.191 e. The van der Waals surface area contributed by atoms with Gasteiger partial charge in [0.25, 0.3) is 0 Å². The predicted molar refractivity (Wildman–Crippen MR) is 123 cm³/mol. The zero-order chi connectivity index (χ0) is 17.9. The molecule has 1 heterocycles. The first kappa shape index (κ1) is 23.5. The van der Waals surface area contributed by atoms with E-state index in [9.17, 15) is 0 Å². The molecule has 7 heteroatoms. The molecular weight excluding hydrogens is 459 g/mol. The van der Waals surface area contributed by atoms with Crippen LogP contribution in [0.3, 0.4) is 0 Å². The minimum absolute atomic E-state index is 0. The van der Waals surface area contributed by atoms with Gasteiger partial charge in [0.05, 0.1) is 19.8 Å². The van der Waals surface area contributed by atoms with Crippen LogP contribution in [0.2, 0.25) is 0 Å². The van der Waals surface area contributed by atoms with Gasteiger partial charge in [-0.15, -0.1) is 35.7 Å². The number of aliphatic imine (C=N–C) groups is 1. The normalized spacial score (nSPS) is 19.5. The summed E-state index contributed by atoms with van der Waals surface area (Å²) < 4.78 is 5.52. The largest absolute Gasteiger partial charge is 0.379 e. The molecule has 1 aliphatic heterocycles. The molecule has 1 aromatic carbocycles. The molecule has 0 aliphatic carbocycles. The van der Waals surface area contributed by atoms with Crippen molar-refractivity contribution in [2.75, 3.05) is 45.1 Å². The Labute approximate surface area is 179 Å². The van der Waals surface area contributed by atoms with Gasteiger partial charge in [0.15, 0.2) is 5.96 Å². The van der Waals surface area contributed by atoms with Gasteiger partial charge in [-0.3, -0.25) is 9.89 Å². The number of morpholine rings is 1. The van der Waals surface area contributed by atoms with E-state index in [1.165, 1.54) is 4.90 Å². The van der Waals surface area contributed by atoms with Crippen LogP contribution in [0.1, 0.15) is 20.8 Å². The van der Waals surface area contributed by atoms with Crippen LogP contribution in [0.4, 0.5) is 0 Å². The number of hydrogen-bond acceptors (Lipinski definition) is 4. The van der Waals surface area contributed by atoms with Crippen molar-refractivity contribution in [1.82, 2.24) is 15.5 Å². The molecule has 26 heavy (non-hydrogen) atoms. The second-order valence-corrected chi connectivity index (χ2v) is 7.49. The number of benzene rings is 1. The Morgan fingerprint density at radius 2 is 2.12 bits per heavy atom. The predicted octanol–water partition coefficient (Wildman–Crippen LogP) is 3.06. The number of hydrogen-bond donors (Lipinski definition) is 2. The molecule has 0 spiro atoms. The number of thioether (sulfide) groups is 1. The maximum atomic E-state index is 5.52. The molecule has 2 rings (SSSR count). The molecule has 2 unspecified atom stereocenters. The van der Waals surface area contributed by atoms with Crippen molar-refractivity contribution in [3.05, 3.63) is 30.3 Å². The minimum Gasteiger partial charge on any atom is -0.379 e. The molecule has 1 aliphatic rings. The number of nitrogens with one attached hydrogen (secondary N) is 2. The number of halogens is 1. The Bertz CT molecular complexity index is 518. The van der Waals surface area contributed by atoms with E-state index in [4.69, 9.17) is 9.73 Å². The van der Waals surface area contributed by atoms with Crippen LogP contribution in [0.5, 0.6) is 0 Å². The van der Waals surface area contributed by atoms with E-state index in [1.54, 1.807) is 0 Å². The van der Waals surface area contributed by atoms with Gasteiger partial charge in [0.1, 0.15) is 0 Å². The second kappa shape index (κ2) is 13.6. The van der Waals surface area contributed by atoms with Crippen LogP contribution in [0.25, 0.3) is 0 Å².